The van der Waals surface area contributed by atoms with E-state index < -0.39 is 6.10 Å². The van der Waals surface area contributed by atoms with Gasteiger partial charge in [0.05, 0.1) is 16.2 Å². The van der Waals surface area contributed by atoms with Crippen LogP contribution in [-0.4, -0.2) is 17.8 Å². The molecule has 0 spiro atoms. The molecule has 1 atom stereocenters. The Morgan fingerprint density at radius 2 is 2.24 bits per heavy atom. The molecule has 1 aromatic carbocycles. The number of aliphatic hydroxyl groups excluding tert-OH is 1. The average Bonchev–Trinajstić information content (AvgIpc) is 2.27. The Morgan fingerprint density at radius 1 is 1.53 bits per heavy atom. The van der Waals surface area contributed by atoms with E-state index >= 15 is 0 Å². The summed E-state index contributed by atoms with van der Waals surface area (Å²) in [6.45, 7) is 0. The van der Waals surface area contributed by atoms with Gasteiger partial charge in [-0.2, -0.15) is 0 Å². The third-order valence-corrected chi connectivity index (χ3v) is 4.22. The van der Waals surface area contributed by atoms with Gasteiger partial charge in [0, 0.05) is 19.1 Å². The van der Waals surface area contributed by atoms with Crippen LogP contribution in [0.15, 0.2) is 22.7 Å². The van der Waals surface area contributed by atoms with Crippen LogP contribution in [0.5, 0.6) is 0 Å². The third-order valence-electron chi connectivity index (χ3n) is 3.60. The van der Waals surface area contributed by atoms with Crippen LogP contribution in [0.4, 0.5) is 4.39 Å². The summed E-state index contributed by atoms with van der Waals surface area (Å²) in [5.41, 5.74) is 0.0801. The van der Waals surface area contributed by atoms with Gasteiger partial charge < -0.3 is 9.84 Å². The van der Waals surface area contributed by atoms with E-state index in [-0.39, 0.29) is 11.4 Å². The Hall–Kier alpha value is -0.450. The maximum atomic E-state index is 13.8. The molecule has 1 aliphatic carbocycles. The molecule has 17 heavy (non-hydrogen) atoms. The molecule has 0 bridgehead atoms. The summed E-state index contributed by atoms with van der Waals surface area (Å²) in [7, 11) is 1.66. The number of aliphatic hydroxyl groups is 1. The van der Waals surface area contributed by atoms with Crippen LogP contribution in [0, 0.1) is 5.82 Å². The molecule has 1 fully saturated rings. The standard InChI is InChI=1S/C13H16BrFO2/c1-17-13(6-3-7-13)8-11(16)9-4-2-5-10(14)12(9)15/h2,4-5,11,16H,3,6-8H2,1H3. The number of methoxy groups -OCH3 is 1. The Balaban J connectivity index is 2.14. The molecule has 0 radical (unpaired) electrons. The van der Waals surface area contributed by atoms with Gasteiger partial charge in [0.1, 0.15) is 5.82 Å². The lowest BCUT2D eigenvalue weighted by atomic mass is 9.75. The summed E-state index contributed by atoms with van der Waals surface area (Å²) < 4.78 is 19.6. The van der Waals surface area contributed by atoms with Crippen LogP contribution in [-0.2, 0) is 4.74 Å². The lowest BCUT2D eigenvalue weighted by Crippen LogP contribution is -2.40. The molecule has 0 saturated heterocycles. The molecule has 0 amide bonds. The van der Waals surface area contributed by atoms with E-state index in [4.69, 9.17) is 4.74 Å². The van der Waals surface area contributed by atoms with E-state index in [1.54, 1.807) is 25.3 Å². The Kier molecular flexibility index (Phi) is 3.85. The van der Waals surface area contributed by atoms with Gasteiger partial charge in [-0.1, -0.05) is 12.1 Å². The zero-order valence-electron chi connectivity index (χ0n) is 9.75. The molecule has 0 heterocycles. The predicted octanol–water partition coefficient (Wildman–Crippen LogP) is 3.58. The Labute approximate surface area is 109 Å². The zero-order valence-corrected chi connectivity index (χ0v) is 11.3. The van der Waals surface area contributed by atoms with Crippen molar-refractivity contribution in [2.24, 2.45) is 0 Å². The molecule has 0 aromatic heterocycles. The predicted molar refractivity (Wildman–Crippen MR) is 67.3 cm³/mol. The van der Waals surface area contributed by atoms with Crippen LogP contribution in [0.2, 0.25) is 0 Å². The fourth-order valence-electron chi connectivity index (χ4n) is 2.30. The average molecular weight is 303 g/mol. The topological polar surface area (TPSA) is 29.5 Å². The second kappa shape index (κ2) is 5.04. The molecule has 1 aromatic rings. The maximum absolute atomic E-state index is 13.8. The van der Waals surface area contributed by atoms with Gasteiger partial charge >= 0.3 is 0 Å². The van der Waals surface area contributed by atoms with Crippen LogP contribution in [0.1, 0.15) is 37.4 Å². The van der Waals surface area contributed by atoms with Gasteiger partial charge in [0.25, 0.3) is 0 Å². The van der Waals surface area contributed by atoms with Crippen LogP contribution in [0.25, 0.3) is 0 Å². The minimum atomic E-state index is -0.812. The van der Waals surface area contributed by atoms with Gasteiger partial charge in [-0.25, -0.2) is 4.39 Å². The molecular weight excluding hydrogens is 287 g/mol. The van der Waals surface area contributed by atoms with Crippen LogP contribution < -0.4 is 0 Å². The Bertz CT molecular complexity index is 399. The SMILES string of the molecule is COC1(CC(O)c2cccc(Br)c2F)CCC1. The second-order valence-corrected chi connectivity index (χ2v) is 5.46. The van der Waals surface area contributed by atoms with Crippen LogP contribution in [0.3, 0.4) is 0 Å². The summed E-state index contributed by atoms with van der Waals surface area (Å²) in [5.74, 6) is -0.384. The number of benzene rings is 1. The molecule has 1 N–H and O–H groups in total. The monoisotopic (exact) mass is 302 g/mol. The molecule has 0 aliphatic heterocycles. The van der Waals surface area contributed by atoms with Crippen molar-refractivity contribution in [1.82, 2.24) is 0 Å². The van der Waals surface area contributed by atoms with Gasteiger partial charge in [-0.05, 0) is 41.3 Å². The fourth-order valence-corrected chi connectivity index (χ4v) is 2.68. The van der Waals surface area contributed by atoms with Crippen molar-refractivity contribution in [3.8, 4) is 0 Å². The van der Waals surface area contributed by atoms with E-state index in [1.165, 1.54) is 0 Å². The molecule has 2 nitrogen and oxygen atoms in total. The lowest BCUT2D eigenvalue weighted by Gasteiger charge is -2.41. The number of hydrogen-bond acceptors (Lipinski definition) is 2. The highest BCUT2D eigenvalue weighted by Crippen LogP contribution is 2.42. The molecule has 4 heteroatoms. The summed E-state index contributed by atoms with van der Waals surface area (Å²) in [6.07, 6.45) is 2.64. The number of hydrogen-bond donors (Lipinski definition) is 1. The molecule has 1 saturated carbocycles. The van der Waals surface area contributed by atoms with Gasteiger partial charge in [0.15, 0.2) is 0 Å². The molecule has 1 aliphatic rings. The van der Waals surface area contributed by atoms with E-state index in [0.717, 1.165) is 19.3 Å². The van der Waals surface area contributed by atoms with Crippen molar-refractivity contribution in [3.63, 3.8) is 0 Å². The highest BCUT2D eigenvalue weighted by atomic mass is 79.9. The zero-order chi connectivity index (χ0) is 12.5. The minimum absolute atomic E-state index is 0.256. The second-order valence-electron chi connectivity index (χ2n) is 4.60. The van der Waals surface area contributed by atoms with Gasteiger partial charge in [0.2, 0.25) is 0 Å². The fraction of sp³-hybridized carbons (Fsp3) is 0.538. The molecule has 2 rings (SSSR count). The largest absolute Gasteiger partial charge is 0.388 e. The van der Waals surface area contributed by atoms with E-state index in [0.29, 0.717) is 16.5 Å². The van der Waals surface area contributed by atoms with E-state index in [2.05, 4.69) is 15.9 Å². The summed E-state index contributed by atoms with van der Waals surface area (Å²) in [5, 5.41) is 10.1. The molecule has 94 valence electrons. The van der Waals surface area contributed by atoms with Crippen molar-refractivity contribution in [1.29, 1.82) is 0 Å². The van der Waals surface area contributed by atoms with Crippen LogP contribution >= 0.6 is 15.9 Å². The molecular formula is C13H16BrFO2. The van der Waals surface area contributed by atoms with E-state index in [1.807, 2.05) is 0 Å². The number of ether oxygens (including phenoxy) is 1. The first-order chi connectivity index (χ1) is 8.08. The summed E-state index contributed by atoms with van der Waals surface area (Å²) >= 11 is 3.12. The normalized spacial score (nSPS) is 19.8. The van der Waals surface area contributed by atoms with Crippen molar-refractivity contribution in [2.45, 2.75) is 37.4 Å². The smallest absolute Gasteiger partial charge is 0.143 e. The van der Waals surface area contributed by atoms with Gasteiger partial charge in [-0.3, -0.25) is 0 Å². The van der Waals surface area contributed by atoms with Crippen molar-refractivity contribution in [3.05, 3.63) is 34.1 Å². The van der Waals surface area contributed by atoms with E-state index in [9.17, 15) is 9.50 Å². The quantitative estimate of drug-likeness (QED) is 0.921. The highest BCUT2D eigenvalue weighted by Gasteiger charge is 2.39. The van der Waals surface area contributed by atoms with Gasteiger partial charge in [-0.15, -0.1) is 0 Å². The summed E-state index contributed by atoms with van der Waals surface area (Å²) in [4.78, 5) is 0. The van der Waals surface area contributed by atoms with Crippen molar-refractivity contribution in [2.75, 3.05) is 7.11 Å². The van der Waals surface area contributed by atoms with Crippen molar-refractivity contribution < 1.29 is 14.2 Å². The highest BCUT2D eigenvalue weighted by molar-refractivity contribution is 9.10. The minimum Gasteiger partial charge on any atom is -0.388 e. The van der Waals surface area contributed by atoms with Crippen molar-refractivity contribution >= 4 is 15.9 Å². The first-order valence-corrected chi connectivity index (χ1v) is 6.54. The maximum Gasteiger partial charge on any atom is 0.143 e. The first-order valence-electron chi connectivity index (χ1n) is 5.75. The lowest BCUT2D eigenvalue weighted by molar-refractivity contribution is -0.100. The third kappa shape index (κ3) is 2.54. The number of rotatable bonds is 4. The molecule has 1 unspecified atom stereocenters. The number of halogens is 2. The Morgan fingerprint density at radius 3 is 2.76 bits per heavy atom. The summed E-state index contributed by atoms with van der Waals surface area (Å²) in [6, 6.07) is 4.97. The first kappa shape index (κ1) is 13.0.